The highest BCUT2D eigenvalue weighted by molar-refractivity contribution is 6.30. The predicted octanol–water partition coefficient (Wildman–Crippen LogP) is 3.79. The number of hydrogen-bond acceptors (Lipinski definition) is 3. The molecule has 1 heterocycles. The van der Waals surface area contributed by atoms with Crippen LogP contribution in [0, 0.1) is 0 Å². The number of piperidine rings is 1. The summed E-state index contributed by atoms with van der Waals surface area (Å²) in [6.45, 7) is 1.57. The van der Waals surface area contributed by atoms with Gasteiger partial charge in [0.05, 0.1) is 0 Å². The molecule has 8 heteroatoms. The van der Waals surface area contributed by atoms with Crippen LogP contribution in [-0.2, 0) is 0 Å². The average Bonchev–Trinajstić information content (AvgIpc) is 2.32. The summed E-state index contributed by atoms with van der Waals surface area (Å²) in [5, 5.41) is 3.31. The summed E-state index contributed by atoms with van der Waals surface area (Å²) in [5.74, 6) is -0.341. The molecule has 20 heavy (non-hydrogen) atoms. The molecular formula is C12H14Cl2F3NO2. The van der Waals surface area contributed by atoms with E-state index in [2.05, 4.69) is 10.1 Å². The molecule has 1 N–H and O–H groups in total. The fourth-order valence-electron chi connectivity index (χ4n) is 1.88. The third kappa shape index (κ3) is 5.26. The first-order valence-electron chi connectivity index (χ1n) is 5.87. The van der Waals surface area contributed by atoms with Crippen LogP contribution >= 0.6 is 24.0 Å². The average molecular weight is 332 g/mol. The molecule has 1 aliphatic heterocycles. The highest BCUT2D eigenvalue weighted by Gasteiger charge is 2.33. The van der Waals surface area contributed by atoms with Gasteiger partial charge in [-0.1, -0.05) is 11.6 Å². The molecule has 1 aliphatic rings. The smallest absolute Gasteiger partial charge is 0.486 e. The van der Waals surface area contributed by atoms with E-state index in [1.54, 1.807) is 0 Å². The van der Waals surface area contributed by atoms with Crippen molar-refractivity contribution in [2.75, 3.05) is 13.1 Å². The molecule has 1 fully saturated rings. The van der Waals surface area contributed by atoms with Gasteiger partial charge in [0, 0.05) is 11.1 Å². The van der Waals surface area contributed by atoms with Crippen molar-refractivity contribution in [3.8, 4) is 11.5 Å². The molecule has 1 aromatic carbocycles. The van der Waals surface area contributed by atoms with Crippen LogP contribution in [0.1, 0.15) is 12.8 Å². The lowest BCUT2D eigenvalue weighted by Crippen LogP contribution is -2.34. The van der Waals surface area contributed by atoms with Crippen LogP contribution in [0.25, 0.3) is 0 Å². The number of nitrogens with one attached hydrogen (secondary N) is 1. The lowest BCUT2D eigenvalue weighted by Gasteiger charge is -2.25. The Labute approximate surface area is 125 Å². The normalized spacial score (nSPS) is 16.4. The Morgan fingerprint density at radius 3 is 2.40 bits per heavy atom. The maximum Gasteiger partial charge on any atom is 0.573 e. The number of alkyl halides is 3. The molecule has 0 radical (unpaired) electrons. The number of hydrogen-bond donors (Lipinski definition) is 1. The largest absolute Gasteiger partial charge is 0.573 e. The van der Waals surface area contributed by atoms with Crippen molar-refractivity contribution in [2.24, 2.45) is 0 Å². The van der Waals surface area contributed by atoms with Gasteiger partial charge in [0.2, 0.25) is 0 Å². The van der Waals surface area contributed by atoms with Gasteiger partial charge < -0.3 is 14.8 Å². The number of halogens is 5. The maximum absolute atomic E-state index is 12.3. The van der Waals surface area contributed by atoms with Crippen LogP contribution in [0.4, 0.5) is 13.2 Å². The maximum atomic E-state index is 12.3. The highest BCUT2D eigenvalue weighted by Crippen LogP contribution is 2.35. The lowest BCUT2D eigenvalue weighted by atomic mass is 10.1. The van der Waals surface area contributed by atoms with Crippen molar-refractivity contribution in [2.45, 2.75) is 25.3 Å². The second-order valence-electron chi connectivity index (χ2n) is 4.21. The standard InChI is InChI=1S/C12H13ClF3NO2.ClH/c13-8-1-2-10(11(7-8)19-12(14,15)16)18-9-3-5-17-6-4-9;/h1-2,7,9,17H,3-6H2;1H. The van der Waals surface area contributed by atoms with Crippen molar-refractivity contribution in [1.29, 1.82) is 0 Å². The van der Waals surface area contributed by atoms with Crippen LogP contribution in [0.3, 0.4) is 0 Å². The molecule has 0 spiro atoms. The van der Waals surface area contributed by atoms with Gasteiger partial charge in [-0.05, 0) is 38.1 Å². The minimum absolute atomic E-state index is 0. The molecule has 0 bridgehead atoms. The van der Waals surface area contributed by atoms with E-state index < -0.39 is 12.1 Å². The van der Waals surface area contributed by atoms with Crippen molar-refractivity contribution in [3.63, 3.8) is 0 Å². The number of ether oxygens (including phenoxy) is 2. The highest BCUT2D eigenvalue weighted by atomic mass is 35.5. The molecule has 0 amide bonds. The van der Waals surface area contributed by atoms with E-state index in [1.165, 1.54) is 12.1 Å². The van der Waals surface area contributed by atoms with E-state index >= 15 is 0 Å². The van der Waals surface area contributed by atoms with Crippen molar-refractivity contribution in [1.82, 2.24) is 5.32 Å². The van der Waals surface area contributed by atoms with Gasteiger partial charge in [-0.15, -0.1) is 25.6 Å². The van der Waals surface area contributed by atoms with E-state index in [0.29, 0.717) is 0 Å². The summed E-state index contributed by atoms with van der Waals surface area (Å²) in [4.78, 5) is 0. The van der Waals surface area contributed by atoms with E-state index in [4.69, 9.17) is 16.3 Å². The summed E-state index contributed by atoms with van der Waals surface area (Å²) in [5.41, 5.74) is 0. The lowest BCUT2D eigenvalue weighted by molar-refractivity contribution is -0.275. The molecule has 2 rings (SSSR count). The second-order valence-corrected chi connectivity index (χ2v) is 4.64. The molecule has 0 aliphatic carbocycles. The molecule has 0 saturated carbocycles. The quantitative estimate of drug-likeness (QED) is 0.914. The Kier molecular flexibility index (Phi) is 6.23. The summed E-state index contributed by atoms with van der Waals surface area (Å²) in [7, 11) is 0. The molecule has 1 aromatic rings. The Morgan fingerprint density at radius 2 is 1.80 bits per heavy atom. The summed E-state index contributed by atoms with van der Waals surface area (Å²) >= 11 is 5.68. The molecule has 1 saturated heterocycles. The van der Waals surface area contributed by atoms with Crippen LogP contribution in [0.5, 0.6) is 11.5 Å². The SMILES string of the molecule is Cl.FC(F)(F)Oc1cc(Cl)ccc1OC1CCNCC1. The summed E-state index contributed by atoms with van der Waals surface area (Å²) in [6.07, 6.45) is -3.39. The minimum Gasteiger partial charge on any atom is -0.486 e. The molecule has 0 aromatic heterocycles. The van der Waals surface area contributed by atoms with Crippen LogP contribution < -0.4 is 14.8 Å². The Hall–Kier alpha value is -0.850. The Balaban J connectivity index is 0.00000200. The monoisotopic (exact) mass is 331 g/mol. The van der Waals surface area contributed by atoms with Gasteiger partial charge in [-0.25, -0.2) is 0 Å². The van der Waals surface area contributed by atoms with Gasteiger partial charge in [0.15, 0.2) is 11.5 Å². The summed E-state index contributed by atoms with van der Waals surface area (Å²) < 4.78 is 46.4. The Bertz CT molecular complexity index is 437. The van der Waals surface area contributed by atoms with Gasteiger partial charge in [-0.3, -0.25) is 0 Å². The Morgan fingerprint density at radius 1 is 1.15 bits per heavy atom. The third-order valence-corrected chi connectivity index (χ3v) is 2.95. The molecule has 3 nitrogen and oxygen atoms in total. The third-order valence-electron chi connectivity index (χ3n) is 2.71. The molecule has 0 atom stereocenters. The van der Waals surface area contributed by atoms with Crippen LogP contribution in [-0.4, -0.2) is 25.6 Å². The van der Waals surface area contributed by atoms with Crippen LogP contribution in [0.2, 0.25) is 5.02 Å². The van der Waals surface area contributed by atoms with E-state index in [0.717, 1.165) is 32.0 Å². The van der Waals surface area contributed by atoms with Crippen molar-refractivity contribution >= 4 is 24.0 Å². The topological polar surface area (TPSA) is 30.5 Å². The molecule has 0 unspecified atom stereocenters. The van der Waals surface area contributed by atoms with Crippen molar-refractivity contribution in [3.05, 3.63) is 23.2 Å². The predicted molar refractivity (Wildman–Crippen MR) is 71.9 cm³/mol. The van der Waals surface area contributed by atoms with Gasteiger partial charge in [-0.2, -0.15) is 0 Å². The number of benzene rings is 1. The second kappa shape index (κ2) is 7.24. The van der Waals surface area contributed by atoms with E-state index in [-0.39, 0.29) is 29.3 Å². The van der Waals surface area contributed by atoms with Gasteiger partial charge in [0.25, 0.3) is 0 Å². The summed E-state index contributed by atoms with van der Waals surface area (Å²) in [6, 6.07) is 3.97. The number of rotatable bonds is 3. The van der Waals surface area contributed by atoms with Gasteiger partial charge >= 0.3 is 6.36 Å². The molecule has 114 valence electrons. The van der Waals surface area contributed by atoms with E-state index in [9.17, 15) is 13.2 Å². The van der Waals surface area contributed by atoms with Gasteiger partial charge in [0.1, 0.15) is 6.10 Å². The zero-order chi connectivity index (χ0) is 13.9. The first kappa shape index (κ1) is 17.2. The zero-order valence-corrected chi connectivity index (χ0v) is 11.9. The van der Waals surface area contributed by atoms with E-state index in [1.807, 2.05) is 0 Å². The van der Waals surface area contributed by atoms with Crippen molar-refractivity contribution < 1.29 is 22.6 Å². The fraction of sp³-hybridized carbons (Fsp3) is 0.500. The first-order valence-corrected chi connectivity index (χ1v) is 6.24. The fourth-order valence-corrected chi connectivity index (χ4v) is 2.04. The minimum atomic E-state index is -4.77. The first-order chi connectivity index (χ1) is 8.94. The van der Waals surface area contributed by atoms with Crippen LogP contribution in [0.15, 0.2) is 18.2 Å². The molecular weight excluding hydrogens is 318 g/mol. The zero-order valence-electron chi connectivity index (χ0n) is 10.4.